The Bertz CT molecular complexity index is 487. The molecule has 0 saturated heterocycles. The highest BCUT2D eigenvalue weighted by Gasteiger charge is 1.90. The second-order valence-electron chi connectivity index (χ2n) is 4.51. The van der Waals surface area contributed by atoms with Crippen molar-refractivity contribution >= 4 is 26.7 Å². The predicted molar refractivity (Wildman–Crippen MR) is 80.4 cm³/mol. The lowest BCUT2D eigenvalue weighted by atomic mass is 9.90. The van der Waals surface area contributed by atoms with Crippen LogP contribution in [0.1, 0.15) is 22.4 Å². The first-order valence-corrected chi connectivity index (χ1v) is 5.92. The first-order chi connectivity index (χ1) is 8.40. The Balaban J connectivity index is 0.000000180. The number of nitrogens with zero attached hydrogens (tertiary/aromatic N) is 1. The van der Waals surface area contributed by atoms with Crippen molar-refractivity contribution in [3.8, 4) is 0 Å². The van der Waals surface area contributed by atoms with E-state index in [1.807, 2.05) is 52.0 Å². The number of hydrogen-bond donors (Lipinski definition) is 0. The molecule has 2 aromatic rings. The monoisotopic (exact) mass is 233 g/mol. The third kappa shape index (κ3) is 4.40. The second kappa shape index (κ2) is 6.44. The van der Waals surface area contributed by atoms with Crippen molar-refractivity contribution < 1.29 is 0 Å². The average molecular weight is 233 g/mol. The Labute approximate surface area is 112 Å². The van der Waals surface area contributed by atoms with Crippen molar-refractivity contribution in [1.82, 2.24) is 4.98 Å². The molecular weight excluding hydrogens is 216 g/mol. The van der Waals surface area contributed by atoms with E-state index in [0.29, 0.717) is 5.59 Å². The fraction of sp³-hybridized carbons (Fsp3) is 0.267. The Kier molecular flexibility index (Phi) is 5.21. The summed E-state index contributed by atoms with van der Waals surface area (Å²) in [4.78, 5) is 4.05. The highest BCUT2D eigenvalue weighted by atomic mass is 14.7. The molecule has 3 heteroatoms. The zero-order chi connectivity index (χ0) is 13.7. The quantitative estimate of drug-likeness (QED) is 0.629. The van der Waals surface area contributed by atoms with E-state index in [1.165, 1.54) is 5.56 Å². The first-order valence-electron chi connectivity index (χ1n) is 5.92. The molecule has 0 aliphatic carbocycles. The molecule has 0 aliphatic heterocycles. The fourth-order valence-corrected chi connectivity index (χ4v) is 1.41. The number of rotatable bonds is 0. The summed E-state index contributed by atoms with van der Waals surface area (Å²) in [5.41, 5.74) is 5.91. The lowest BCUT2D eigenvalue weighted by molar-refractivity contribution is 1.21. The number of benzene rings is 1. The van der Waals surface area contributed by atoms with Crippen LogP contribution in [-0.2, 0) is 0 Å². The maximum Gasteiger partial charge on any atom is 0.142 e. The normalized spacial score (nSPS) is 9.56. The van der Waals surface area contributed by atoms with Gasteiger partial charge in [-0.05, 0) is 44.9 Å². The number of aromatic nitrogens is 1. The molecule has 0 spiro atoms. The van der Waals surface area contributed by atoms with E-state index in [1.54, 1.807) is 0 Å². The highest BCUT2D eigenvalue weighted by molar-refractivity contribution is 6.33. The number of hydrogen-bond acceptors (Lipinski definition) is 1. The lowest BCUT2D eigenvalue weighted by Gasteiger charge is -1.98. The van der Waals surface area contributed by atoms with Gasteiger partial charge in [-0.3, -0.25) is 4.98 Å². The van der Waals surface area contributed by atoms with Gasteiger partial charge in [-0.15, -0.1) is 0 Å². The van der Waals surface area contributed by atoms with Crippen LogP contribution >= 0.6 is 0 Å². The van der Waals surface area contributed by atoms with Crippen molar-refractivity contribution in [2.45, 2.75) is 27.7 Å². The summed E-state index contributed by atoms with van der Waals surface area (Å²) in [6, 6.07) is 10.00. The summed E-state index contributed by atoms with van der Waals surface area (Å²) in [7, 11) is 11.1. The standard InChI is InChI=1S/C8H9B.C7H8BN/c1-6-3-4-7(2)8(9)5-6;1-5-3-4-6(2)9-7(5)8/h3-5H,1-2H3;3-4H,1-2H3. The molecule has 0 N–H and O–H groups in total. The van der Waals surface area contributed by atoms with E-state index < -0.39 is 0 Å². The van der Waals surface area contributed by atoms with Gasteiger partial charge in [0.05, 0.1) is 0 Å². The van der Waals surface area contributed by atoms with Crippen LogP contribution in [-0.4, -0.2) is 20.7 Å². The van der Waals surface area contributed by atoms with Gasteiger partial charge in [0, 0.05) is 5.69 Å². The maximum absolute atomic E-state index is 5.62. The first kappa shape index (κ1) is 14.6. The largest absolute Gasteiger partial charge is 0.269 e. The minimum atomic E-state index is 0.634. The number of aryl methyl sites for hydroxylation is 4. The van der Waals surface area contributed by atoms with E-state index in [0.717, 1.165) is 22.3 Å². The summed E-state index contributed by atoms with van der Waals surface area (Å²) in [5.74, 6) is 0. The smallest absolute Gasteiger partial charge is 0.142 e. The van der Waals surface area contributed by atoms with Crippen LogP contribution in [0.4, 0.5) is 0 Å². The van der Waals surface area contributed by atoms with Crippen LogP contribution in [0.3, 0.4) is 0 Å². The van der Waals surface area contributed by atoms with Crippen LogP contribution in [0.5, 0.6) is 0 Å². The van der Waals surface area contributed by atoms with E-state index in [2.05, 4.69) is 11.1 Å². The van der Waals surface area contributed by atoms with Crippen LogP contribution in [0.2, 0.25) is 0 Å². The van der Waals surface area contributed by atoms with Crippen molar-refractivity contribution in [3.63, 3.8) is 0 Å². The van der Waals surface area contributed by atoms with E-state index >= 15 is 0 Å². The maximum atomic E-state index is 5.62. The van der Waals surface area contributed by atoms with E-state index in [-0.39, 0.29) is 0 Å². The molecule has 0 atom stereocenters. The zero-order valence-electron chi connectivity index (χ0n) is 11.5. The van der Waals surface area contributed by atoms with Crippen molar-refractivity contribution in [2.24, 2.45) is 0 Å². The van der Waals surface area contributed by atoms with Gasteiger partial charge in [0.25, 0.3) is 0 Å². The summed E-state index contributed by atoms with van der Waals surface area (Å²) >= 11 is 0. The zero-order valence-corrected chi connectivity index (χ0v) is 11.5. The molecule has 2 rings (SSSR count). The summed E-state index contributed by atoms with van der Waals surface area (Å²) in [6.07, 6.45) is 0. The molecule has 18 heavy (non-hydrogen) atoms. The van der Waals surface area contributed by atoms with Gasteiger partial charge in [-0.1, -0.05) is 40.9 Å². The fourth-order valence-electron chi connectivity index (χ4n) is 1.41. The Morgan fingerprint density at radius 2 is 1.44 bits per heavy atom. The minimum Gasteiger partial charge on any atom is -0.269 e. The second-order valence-corrected chi connectivity index (χ2v) is 4.51. The van der Waals surface area contributed by atoms with Gasteiger partial charge >= 0.3 is 0 Å². The van der Waals surface area contributed by atoms with E-state index in [9.17, 15) is 0 Å². The van der Waals surface area contributed by atoms with Gasteiger partial charge in [0.15, 0.2) is 0 Å². The Morgan fingerprint density at radius 1 is 0.833 bits per heavy atom. The molecule has 0 saturated carbocycles. The van der Waals surface area contributed by atoms with Crippen molar-refractivity contribution in [1.29, 1.82) is 0 Å². The molecule has 0 unspecified atom stereocenters. The highest BCUT2D eigenvalue weighted by Crippen LogP contribution is 1.96. The lowest BCUT2D eigenvalue weighted by Crippen LogP contribution is -2.12. The van der Waals surface area contributed by atoms with Crippen LogP contribution < -0.4 is 11.1 Å². The topological polar surface area (TPSA) is 12.9 Å². The van der Waals surface area contributed by atoms with Gasteiger partial charge in [0.2, 0.25) is 0 Å². The molecule has 0 fully saturated rings. The summed E-state index contributed by atoms with van der Waals surface area (Å²) in [5, 5.41) is 0. The van der Waals surface area contributed by atoms with Gasteiger partial charge in [-0.25, -0.2) is 0 Å². The molecule has 0 aliphatic rings. The molecule has 0 bridgehead atoms. The van der Waals surface area contributed by atoms with Crippen LogP contribution in [0.25, 0.3) is 0 Å². The van der Waals surface area contributed by atoms with Gasteiger partial charge < -0.3 is 0 Å². The predicted octanol–water partition coefficient (Wildman–Crippen LogP) is 1.59. The molecule has 1 aromatic carbocycles. The summed E-state index contributed by atoms with van der Waals surface area (Å²) < 4.78 is 0. The molecule has 0 amide bonds. The van der Waals surface area contributed by atoms with Crippen molar-refractivity contribution in [3.05, 3.63) is 52.7 Å². The van der Waals surface area contributed by atoms with Crippen LogP contribution in [0.15, 0.2) is 30.3 Å². The Morgan fingerprint density at radius 3 is 1.89 bits per heavy atom. The minimum absolute atomic E-state index is 0.634. The summed E-state index contributed by atoms with van der Waals surface area (Å²) in [6.45, 7) is 7.92. The van der Waals surface area contributed by atoms with E-state index in [4.69, 9.17) is 15.7 Å². The molecule has 4 radical (unpaired) electrons. The molecule has 88 valence electrons. The molecule has 1 aromatic heterocycles. The van der Waals surface area contributed by atoms with Gasteiger partial charge in [0.1, 0.15) is 15.7 Å². The third-order valence-corrected chi connectivity index (χ3v) is 2.71. The van der Waals surface area contributed by atoms with Crippen LogP contribution in [0, 0.1) is 27.7 Å². The Hall–Kier alpha value is -1.50. The van der Waals surface area contributed by atoms with Crippen molar-refractivity contribution in [2.75, 3.05) is 0 Å². The number of pyridine rings is 1. The SMILES string of the molecule is [B]c1cc(C)ccc1C.[B]c1nc(C)ccc1C. The van der Waals surface area contributed by atoms with Gasteiger partial charge in [-0.2, -0.15) is 0 Å². The molecular formula is C15H17B2N. The average Bonchev–Trinajstić information content (AvgIpc) is 2.30. The molecule has 1 heterocycles. The third-order valence-electron chi connectivity index (χ3n) is 2.71. The molecule has 1 nitrogen and oxygen atoms in total.